The topological polar surface area (TPSA) is 122 Å². The van der Waals surface area contributed by atoms with Crippen LogP contribution in [-0.2, 0) is 38.1 Å². The van der Waals surface area contributed by atoms with E-state index in [2.05, 4.69) is 31.4 Å². The van der Waals surface area contributed by atoms with Crippen LogP contribution in [0.2, 0.25) is 5.02 Å². The molecule has 0 aliphatic carbocycles. The van der Waals surface area contributed by atoms with Crippen molar-refractivity contribution < 1.29 is 27.3 Å². The van der Waals surface area contributed by atoms with E-state index < -0.39 is 27.7 Å². The number of anilines is 1. The highest BCUT2D eigenvalue weighted by atomic mass is 35.5. The van der Waals surface area contributed by atoms with Crippen LogP contribution in [-0.4, -0.2) is 42.7 Å². The second-order valence-electron chi connectivity index (χ2n) is 14.1. The highest BCUT2D eigenvalue weighted by molar-refractivity contribution is 7.85. The third kappa shape index (κ3) is 11.5. The lowest BCUT2D eigenvalue weighted by molar-refractivity contribution is -0.117. The molecule has 0 saturated carbocycles. The van der Waals surface area contributed by atoms with Crippen molar-refractivity contribution in [1.82, 2.24) is 5.32 Å². The standard InChI is InChI=1S/C39H45ClN2O6S/c1-38(2,3)31-17-15-29(16-18-31)34(23-26-7-13-30(14-8-26)36(43)41-21-22-49(45,46)47)37(44)42-32-19-20-33(35(40)24-32)28-11-9-27(10-12-28)25-48-39(4,5)6/h7-20,24,34H,21-23,25H2,1-6H3,(H,41,43)(H,42,44)(H,45,46,47). The van der Waals surface area contributed by atoms with Gasteiger partial charge in [0.05, 0.1) is 28.9 Å². The van der Waals surface area contributed by atoms with Crippen molar-refractivity contribution in [2.24, 2.45) is 0 Å². The number of amides is 2. The quantitative estimate of drug-likeness (QED) is 0.128. The molecule has 0 saturated heterocycles. The summed E-state index contributed by atoms with van der Waals surface area (Å²) in [5, 5.41) is 6.04. The summed E-state index contributed by atoms with van der Waals surface area (Å²) in [6.45, 7) is 12.8. The van der Waals surface area contributed by atoms with Gasteiger partial charge in [-0.15, -0.1) is 0 Å². The molecule has 0 fully saturated rings. The minimum Gasteiger partial charge on any atom is -0.371 e. The Morgan fingerprint density at radius 3 is 2.00 bits per heavy atom. The lowest BCUT2D eigenvalue weighted by Crippen LogP contribution is -2.28. The maximum Gasteiger partial charge on any atom is 0.266 e. The van der Waals surface area contributed by atoms with E-state index in [0.29, 0.717) is 29.3 Å². The van der Waals surface area contributed by atoms with E-state index in [1.807, 2.05) is 81.4 Å². The van der Waals surface area contributed by atoms with Crippen molar-refractivity contribution in [3.05, 3.63) is 124 Å². The first-order chi connectivity index (χ1) is 22.9. The van der Waals surface area contributed by atoms with E-state index >= 15 is 0 Å². The fraction of sp³-hybridized carbons (Fsp3) is 0.333. The number of carbonyl (C=O) groups excluding carboxylic acids is 2. The molecule has 1 unspecified atom stereocenters. The molecule has 1 atom stereocenters. The Labute approximate surface area is 295 Å². The average Bonchev–Trinajstić information content (AvgIpc) is 3.02. The van der Waals surface area contributed by atoms with E-state index in [4.69, 9.17) is 20.9 Å². The predicted molar refractivity (Wildman–Crippen MR) is 197 cm³/mol. The molecule has 0 bridgehead atoms. The summed E-state index contributed by atoms with van der Waals surface area (Å²) in [7, 11) is -4.18. The van der Waals surface area contributed by atoms with Gasteiger partial charge in [-0.1, -0.05) is 99.1 Å². The number of carbonyl (C=O) groups is 2. The Morgan fingerprint density at radius 2 is 1.45 bits per heavy atom. The molecule has 0 aliphatic heterocycles. The molecule has 2 amide bonds. The zero-order valence-corrected chi connectivity index (χ0v) is 30.4. The third-order valence-corrected chi connectivity index (χ3v) is 9.00. The van der Waals surface area contributed by atoms with Crippen molar-refractivity contribution in [2.75, 3.05) is 17.6 Å². The zero-order chi connectivity index (χ0) is 36.0. The van der Waals surface area contributed by atoms with Gasteiger partial charge in [0.2, 0.25) is 5.91 Å². The average molecular weight is 705 g/mol. The lowest BCUT2D eigenvalue weighted by atomic mass is 9.84. The van der Waals surface area contributed by atoms with Gasteiger partial charge in [-0.25, -0.2) is 0 Å². The normalized spacial score (nSPS) is 12.7. The molecule has 0 aromatic heterocycles. The number of ether oxygens (including phenoxy) is 1. The van der Waals surface area contributed by atoms with Crippen LogP contribution in [0.15, 0.2) is 91.0 Å². The molecule has 4 aromatic carbocycles. The molecule has 0 spiro atoms. The first-order valence-electron chi connectivity index (χ1n) is 16.1. The van der Waals surface area contributed by atoms with E-state index in [0.717, 1.165) is 33.4 Å². The van der Waals surface area contributed by atoms with Crippen LogP contribution in [0.25, 0.3) is 11.1 Å². The molecule has 4 rings (SSSR count). The van der Waals surface area contributed by atoms with Crippen LogP contribution in [0.3, 0.4) is 0 Å². The number of hydrogen-bond acceptors (Lipinski definition) is 5. The van der Waals surface area contributed by atoms with Crippen LogP contribution in [0, 0.1) is 0 Å². The summed E-state index contributed by atoms with van der Waals surface area (Å²) in [5.74, 6) is -1.79. The SMILES string of the molecule is CC(C)(C)OCc1ccc(-c2ccc(NC(=O)C(Cc3ccc(C(=O)NCCS(=O)(=O)O)cc3)c3ccc(C(C)(C)C)cc3)cc2Cl)cc1. The highest BCUT2D eigenvalue weighted by Gasteiger charge is 2.23. The van der Waals surface area contributed by atoms with Gasteiger partial charge in [0.15, 0.2) is 0 Å². The van der Waals surface area contributed by atoms with Crippen LogP contribution in [0.1, 0.15) is 80.1 Å². The van der Waals surface area contributed by atoms with Gasteiger partial charge in [-0.3, -0.25) is 14.1 Å². The molecule has 260 valence electrons. The Morgan fingerprint density at radius 1 is 0.837 bits per heavy atom. The first kappa shape index (κ1) is 37.8. The predicted octanol–water partition coefficient (Wildman–Crippen LogP) is 8.20. The van der Waals surface area contributed by atoms with Gasteiger partial charge in [-0.2, -0.15) is 8.42 Å². The smallest absolute Gasteiger partial charge is 0.266 e. The fourth-order valence-corrected chi connectivity index (χ4v) is 5.79. The number of hydrogen-bond donors (Lipinski definition) is 3. The fourth-order valence-electron chi connectivity index (χ4n) is 5.14. The third-order valence-electron chi connectivity index (χ3n) is 7.97. The van der Waals surface area contributed by atoms with E-state index in [1.54, 1.807) is 30.3 Å². The second kappa shape index (κ2) is 15.7. The molecule has 3 N–H and O–H groups in total. The Balaban J connectivity index is 1.52. The maximum atomic E-state index is 13.9. The number of halogens is 1. The van der Waals surface area contributed by atoms with Crippen molar-refractivity contribution in [2.45, 2.75) is 71.5 Å². The van der Waals surface area contributed by atoms with Crippen molar-refractivity contribution in [1.29, 1.82) is 0 Å². The summed E-state index contributed by atoms with van der Waals surface area (Å²) >= 11 is 6.74. The maximum absolute atomic E-state index is 13.9. The molecular formula is C39H45ClN2O6S. The summed E-state index contributed by atoms with van der Waals surface area (Å²) in [6, 6.07) is 28.4. The summed E-state index contributed by atoms with van der Waals surface area (Å²) in [6.07, 6.45) is 0.364. The van der Waals surface area contributed by atoms with Crippen molar-refractivity contribution in [3.8, 4) is 11.1 Å². The molecule has 10 heteroatoms. The van der Waals surface area contributed by atoms with Gasteiger partial charge in [-0.05, 0) is 84.7 Å². The zero-order valence-electron chi connectivity index (χ0n) is 28.8. The summed E-state index contributed by atoms with van der Waals surface area (Å²) in [4.78, 5) is 26.4. The number of rotatable bonds is 12. The molecule has 8 nitrogen and oxygen atoms in total. The van der Waals surface area contributed by atoms with Crippen molar-refractivity contribution in [3.63, 3.8) is 0 Å². The Hall–Kier alpha value is -4.02. The van der Waals surface area contributed by atoms with Gasteiger partial charge < -0.3 is 15.4 Å². The molecule has 0 radical (unpaired) electrons. The minimum atomic E-state index is -4.18. The van der Waals surface area contributed by atoms with Crippen LogP contribution >= 0.6 is 11.6 Å². The summed E-state index contributed by atoms with van der Waals surface area (Å²) in [5.41, 5.74) is 6.32. The van der Waals surface area contributed by atoms with Gasteiger partial charge in [0.1, 0.15) is 0 Å². The van der Waals surface area contributed by atoms with Gasteiger partial charge >= 0.3 is 0 Å². The molecular weight excluding hydrogens is 660 g/mol. The van der Waals surface area contributed by atoms with Crippen LogP contribution < -0.4 is 10.6 Å². The largest absolute Gasteiger partial charge is 0.371 e. The number of nitrogens with one attached hydrogen (secondary N) is 2. The van der Waals surface area contributed by atoms with Crippen LogP contribution in [0.5, 0.6) is 0 Å². The van der Waals surface area contributed by atoms with E-state index in [1.165, 1.54) is 0 Å². The number of benzene rings is 4. The molecule has 0 heterocycles. The highest BCUT2D eigenvalue weighted by Crippen LogP contribution is 2.32. The lowest BCUT2D eigenvalue weighted by Gasteiger charge is -2.22. The Bertz CT molecular complexity index is 1860. The van der Waals surface area contributed by atoms with Crippen LogP contribution in [0.4, 0.5) is 5.69 Å². The molecule has 0 aliphatic rings. The van der Waals surface area contributed by atoms with E-state index in [-0.39, 0.29) is 23.5 Å². The Kier molecular flexibility index (Phi) is 12.1. The second-order valence-corrected chi connectivity index (χ2v) is 16.1. The molecule has 49 heavy (non-hydrogen) atoms. The summed E-state index contributed by atoms with van der Waals surface area (Å²) < 4.78 is 36.7. The monoisotopic (exact) mass is 704 g/mol. The van der Waals surface area contributed by atoms with Gasteiger partial charge in [0.25, 0.3) is 16.0 Å². The minimum absolute atomic E-state index is 0.0485. The van der Waals surface area contributed by atoms with E-state index in [9.17, 15) is 18.0 Å². The molecule has 4 aromatic rings. The van der Waals surface area contributed by atoms with Crippen molar-refractivity contribution >= 4 is 39.2 Å². The first-order valence-corrected chi connectivity index (χ1v) is 18.1. The van der Waals surface area contributed by atoms with Gasteiger partial charge in [0, 0.05) is 23.4 Å².